The first kappa shape index (κ1) is 14.8. The molecule has 1 aliphatic rings. The van der Waals surface area contributed by atoms with Gasteiger partial charge in [-0.15, -0.1) is 0 Å². The van der Waals surface area contributed by atoms with Crippen LogP contribution in [0.4, 0.5) is 0 Å². The van der Waals surface area contributed by atoms with Crippen LogP contribution in [0, 0.1) is 5.92 Å². The van der Waals surface area contributed by atoms with E-state index in [0.29, 0.717) is 12.3 Å². The van der Waals surface area contributed by atoms with Gasteiger partial charge in [0.1, 0.15) is 0 Å². The monoisotopic (exact) mass is 297 g/mol. The highest BCUT2D eigenvalue weighted by Gasteiger charge is 2.11. The topological polar surface area (TPSA) is 57.2 Å². The van der Waals surface area contributed by atoms with Crippen LogP contribution >= 0.6 is 0 Å². The van der Waals surface area contributed by atoms with Gasteiger partial charge in [0.25, 0.3) is 0 Å². The maximum absolute atomic E-state index is 11.9. The Bertz CT molecular complexity index is 653. The van der Waals surface area contributed by atoms with Crippen molar-refractivity contribution in [3.63, 3.8) is 0 Å². The molecule has 4 heteroatoms. The Hall–Kier alpha value is -2.10. The Balaban J connectivity index is 1.47. The lowest BCUT2D eigenvalue weighted by atomic mass is 9.90. The molecule has 0 atom stereocenters. The standard InChI is InChI=1S/C18H23N3O/c22-18(21-20-12-14-6-2-1-3-7-14)11-10-15-13-19-17-9-5-4-8-16(15)17/h4-5,8-9,12-14,19H,1-3,6-7,10-11H2,(H,21,22). The summed E-state index contributed by atoms with van der Waals surface area (Å²) in [5.74, 6) is 0.528. The van der Waals surface area contributed by atoms with Gasteiger partial charge in [0.2, 0.25) is 5.91 Å². The molecule has 0 bridgehead atoms. The summed E-state index contributed by atoms with van der Waals surface area (Å²) >= 11 is 0. The Morgan fingerprint density at radius 2 is 2.09 bits per heavy atom. The van der Waals surface area contributed by atoms with E-state index in [1.807, 2.05) is 30.6 Å². The van der Waals surface area contributed by atoms with Gasteiger partial charge in [-0.25, -0.2) is 5.43 Å². The first-order valence-corrected chi connectivity index (χ1v) is 8.20. The zero-order valence-corrected chi connectivity index (χ0v) is 12.8. The van der Waals surface area contributed by atoms with E-state index in [1.54, 1.807) is 0 Å². The fraction of sp³-hybridized carbons (Fsp3) is 0.444. The fourth-order valence-electron chi connectivity index (χ4n) is 3.14. The molecule has 1 aromatic carbocycles. The smallest absolute Gasteiger partial charge is 0.240 e. The van der Waals surface area contributed by atoms with Gasteiger partial charge >= 0.3 is 0 Å². The predicted octanol–water partition coefficient (Wildman–Crippen LogP) is 3.78. The second kappa shape index (κ2) is 7.25. The van der Waals surface area contributed by atoms with E-state index < -0.39 is 0 Å². The van der Waals surface area contributed by atoms with Gasteiger partial charge in [-0.3, -0.25) is 4.79 Å². The van der Waals surface area contributed by atoms with Crippen molar-refractivity contribution in [2.24, 2.45) is 11.0 Å². The highest BCUT2D eigenvalue weighted by molar-refractivity contribution is 5.84. The quantitative estimate of drug-likeness (QED) is 0.640. The summed E-state index contributed by atoms with van der Waals surface area (Å²) in [7, 11) is 0. The van der Waals surface area contributed by atoms with E-state index in [0.717, 1.165) is 11.9 Å². The molecule has 1 aliphatic carbocycles. The zero-order valence-electron chi connectivity index (χ0n) is 12.8. The summed E-state index contributed by atoms with van der Waals surface area (Å²) in [6.07, 6.45) is 11.4. The van der Waals surface area contributed by atoms with Crippen molar-refractivity contribution in [3.05, 3.63) is 36.0 Å². The number of fused-ring (bicyclic) bond motifs is 1. The zero-order chi connectivity index (χ0) is 15.2. The average molecular weight is 297 g/mol. The molecule has 2 N–H and O–H groups in total. The predicted molar refractivity (Wildman–Crippen MR) is 89.8 cm³/mol. The van der Waals surface area contributed by atoms with Crippen LogP contribution in [0.3, 0.4) is 0 Å². The number of carbonyl (C=O) groups excluding carboxylic acids is 1. The number of H-pyrrole nitrogens is 1. The Morgan fingerprint density at radius 1 is 1.27 bits per heavy atom. The second-order valence-electron chi connectivity index (χ2n) is 6.07. The third-order valence-electron chi connectivity index (χ3n) is 4.42. The van der Waals surface area contributed by atoms with E-state index in [-0.39, 0.29) is 5.91 Å². The minimum atomic E-state index is -0.0164. The number of aromatic amines is 1. The summed E-state index contributed by atoms with van der Waals surface area (Å²) < 4.78 is 0. The summed E-state index contributed by atoms with van der Waals surface area (Å²) in [4.78, 5) is 15.1. The minimum Gasteiger partial charge on any atom is -0.361 e. The molecule has 1 saturated carbocycles. The van der Waals surface area contributed by atoms with E-state index in [1.165, 1.54) is 43.1 Å². The van der Waals surface area contributed by atoms with Crippen LogP contribution < -0.4 is 5.43 Å². The number of rotatable bonds is 5. The van der Waals surface area contributed by atoms with E-state index >= 15 is 0 Å². The summed E-state index contributed by atoms with van der Waals surface area (Å²) in [6.45, 7) is 0. The number of hydrazone groups is 1. The maximum atomic E-state index is 11.9. The van der Waals surface area contributed by atoms with Crippen molar-refractivity contribution < 1.29 is 4.79 Å². The number of para-hydroxylation sites is 1. The Labute approximate surface area is 131 Å². The van der Waals surface area contributed by atoms with Gasteiger partial charge in [0, 0.05) is 29.7 Å². The SMILES string of the molecule is O=C(CCc1c[nH]c2ccccc12)NN=CC1CCCCC1. The van der Waals surface area contributed by atoms with E-state index in [2.05, 4.69) is 21.6 Å². The van der Waals surface area contributed by atoms with Gasteiger partial charge < -0.3 is 4.98 Å². The number of amides is 1. The van der Waals surface area contributed by atoms with Crippen molar-refractivity contribution in [1.29, 1.82) is 0 Å². The number of nitrogens with one attached hydrogen (secondary N) is 2. The normalized spacial score (nSPS) is 16.4. The number of hydrogen-bond acceptors (Lipinski definition) is 2. The van der Waals surface area contributed by atoms with Crippen molar-refractivity contribution in [3.8, 4) is 0 Å². The van der Waals surface area contributed by atoms with Crippen molar-refractivity contribution in [1.82, 2.24) is 10.4 Å². The molecule has 0 radical (unpaired) electrons. The third kappa shape index (κ3) is 3.75. The van der Waals surface area contributed by atoms with Crippen LogP contribution in [0.1, 0.15) is 44.1 Å². The molecule has 0 saturated heterocycles. The molecular formula is C18H23N3O. The average Bonchev–Trinajstić information content (AvgIpc) is 2.97. The number of hydrogen-bond donors (Lipinski definition) is 2. The van der Waals surface area contributed by atoms with Crippen molar-refractivity contribution >= 4 is 23.0 Å². The minimum absolute atomic E-state index is 0.0164. The number of nitrogens with zero attached hydrogens (tertiary/aromatic N) is 1. The second-order valence-corrected chi connectivity index (χ2v) is 6.07. The van der Waals surface area contributed by atoms with Crippen LogP contribution in [0.15, 0.2) is 35.6 Å². The lowest BCUT2D eigenvalue weighted by Crippen LogP contribution is -2.19. The molecule has 1 fully saturated rings. The van der Waals surface area contributed by atoms with Gasteiger partial charge in [0.05, 0.1) is 0 Å². The summed E-state index contributed by atoms with van der Waals surface area (Å²) in [5.41, 5.74) is 4.96. The van der Waals surface area contributed by atoms with Crippen LogP contribution in [0.25, 0.3) is 10.9 Å². The van der Waals surface area contributed by atoms with Crippen LogP contribution in [-0.4, -0.2) is 17.1 Å². The van der Waals surface area contributed by atoms with Crippen molar-refractivity contribution in [2.45, 2.75) is 44.9 Å². The van der Waals surface area contributed by atoms with Crippen LogP contribution in [-0.2, 0) is 11.2 Å². The molecule has 2 aromatic rings. The molecule has 22 heavy (non-hydrogen) atoms. The van der Waals surface area contributed by atoms with Gasteiger partial charge in [-0.2, -0.15) is 5.10 Å². The van der Waals surface area contributed by atoms with E-state index in [9.17, 15) is 4.79 Å². The van der Waals surface area contributed by atoms with Crippen LogP contribution in [0.5, 0.6) is 0 Å². The molecule has 0 unspecified atom stereocenters. The highest BCUT2D eigenvalue weighted by Crippen LogP contribution is 2.21. The molecule has 1 amide bonds. The lowest BCUT2D eigenvalue weighted by molar-refractivity contribution is -0.121. The first-order valence-electron chi connectivity index (χ1n) is 8.20. The number of carbonyl (C=O) groups is 1. The van der Waals surface area contributed by atoms with Gasteiger partial charge in [-0.1, -0.05) is 37.5 Å². The van der Waals surface area contributed by atoms with Crippen molar-refractivity contribution in [2.75, 3.05) is 0 Å². The molecule has 1 heterocycles. The molecule has 4 nitrogen and oxygen atoms in total. The molecule has 0 spiro atoms. The molecule has 0 aliphatic heterocycles. The van der Waals surface area contributed by atoms with Crippen LogP contribution in [0.2, 0.25) is 0 Å². The Morgan fingerprint density at radius 3 is 2.95 bits per heavy atom. The molecule has 3 rings (SSSR count). The lowest BCUT2D eigenvalue weighted by Gasteiger charge is -2.16. The number of benzene rings is 1. The summed E-state index contributed by atoms with van der Waals surface area (Å²) in [5, 5.41) is 5.32. The van der Waals surface area contributed by atoms with Gasteiger partial charge in [0.15, 0.2) is 0 Å². The molecular weight excluding hydrogens is 274 g/mol. The number of aromatic nitrogens is 1. The molecule has 1 aromatic heterocycles. The summed E-state index contributed by atoms with van der Waals surface area (Å²) in [6, 6.07) is 8.16. The molecule has 116 valence electrons. The first-order chi connectivity index (χ1) is 10.8. The Kier molecular flexibility index (Phi) is 4.88. The highest BCUT2D eigenvalue weighted by atomic mass is 16.2. The maximum Gasteiger partial charge on any atom is 0.240 e. The third-order valence-corrected chi connectivity index (χ3v) is 4.42. The van der Waals surface area contributed by atoms with Gasteiger partial charge in [-0.05, 0) is 36.8 Å². The van der Waals surface area contributed by atoms with E-state index in [4.69, 9.17) is 0 Å². The largest absolute Gasteiger partial charge is 0.361 e. The fourth-order valence-corrected chi connectivity index (χ4v) is 3.14. The number of aryl methyl sites for hydroxylation is 1.